The van der Waals surface area contributed by atoms with Crippen LogP contribution in [0.2, 0.25) is 5.02 Å². The lowest BCUT2D eigenvalue weighted by Crippen LogP contribution is -2.28. The SMILES string of the molecule is O=C(NCCOc1nonc1C(Cc1ccc(F)c(Cl)c1)=NO)c1ccc(F)cc1. The Labute approximate surface area is 174 Å². The maximum Gasteiger partial charge on any atom is 0.285 e. The zero-order chi connectivity index (χ0) is 21.5. The van der Waals surface area contributed by atoms with Crippen LogP contribution in [0.3, 0.4) is 0 Å². The minimum absolute atomic E-state index is 0.00916. The molecule has 0 fully saturated rings. The topological polar surface area (TPSA) is 110 Å². The summed E-state index contributed by atoms with van der Waals surface area (Å²) in [6.45, 7) is 0.122. The third-order valence-electron chi connectivity index (χ3n) is 3.94. The fraction of sp³-hybridized carbons (Fsp3) is 0.158. The number of ether oxygens (including phenoxy) is 1. The quantitative estimate of drug-likeness (QED) is 0.243. The van der Waals surface area contributed by atoms with Crippen molar-refractivity contribution in [1.82, 2.24) is 15.6 Å². The normalized spacial score (nSPS) is 11.4. The second kappa shape index (κ2) is 9.79. The third kappa shape index (κ3) is 5.29. The summed E-state index contributed by atoms with van der Waals surface area (Å²) in [6, 6.07) is 9.14. The highest BCUT2D eigenvalue weighted by atomic mass is 35.5. The minimum Gasteiger partial charge on any atom is -0.472 e. The Morgan fingerprint density at radius 2 is 1.97 bits per heavy atom. The summed E-state index contributed by atoms with van der Waals surface area (Å²) < 4.78 is 36.3. The van der Waals surface area contributed by atoms with Crippen molar-refractivity contribution >= 4 is 23.2 Å². The molecule has 0 aliphatic carbocycles. The number of halogens is 3. The first-order valence-corrected chi connectivity index (χ1v) is 9.00. The summed E-state index contributed by atoms with van der Waals surface area (Å²) in [5.74, 6) is -1.46. The Hall–Kier alpha value is -3.53. The minimum atomic E-state index is -0.572. The third-order valence-corrected chi connectivity index (χ3v) is 4.23. The van der Waals surface area contributed by atoms with Crippen LogP contribution >= 0.6 is 11.6 Å². The van der Waals surface area contributed by atoms with E-state index in [0.717, 1.165) is 0 Å². The summed E-state index contributed by atoms with van der Waals surface area (Å²) in [5, 5.41) is 22.3. The molecule has 2 N–H and O–H groups in total. The molecular formula is C19H15ClF2N4O4. The first-order chi connectivity index (χ1) is 14.5. The molecule has 1 heterocycles. The van der Waals surface area contributed by atoms with E-state index in [-0.39, 0.29) is 41.9 Å². The van der Waals surface area contributed by atoms with Gasteiger partial charge in [0.25, 0.3) is 11.8 Å². The molecule has 30 heavy (non-hydrogen) atoms. The molecule has 2 aromatic carbocycles. The lowest BCUT2D eigenvalue weighted by Gasteiger charge is -2.07. The van der Waals surface area contributed by atoms with Gasteiger partial charge in [-0.25, -0.2) is 13.4 Å². The van der Waals surface area contributed by atoms with Gasteiger partial charge >= 0.3 is 0 Å². The zero-order valence-electron chi connectivity index (χ0n) is 15.3. The molecule has 0 atom stereocenters. The predicted molar refractivity (Wildman–Crippen MR) is 102 cm³/mol. The molecule has 0 bridgehead atoms. The van der Waals surface area contributed by atoms with Crippen LogP contribution in [0.4, 0.5) is 8.78 Å². The second-order valence-electron chi connectivity index (χ2n) is 6.00. The molecule has 0 saturated carbocycles. The molecule has 156 valence electrons. The van der Waals surface area contributed by atoms with Crippen molar-refractivity contribution in [2.75, 3.05) is 13.2 Å². The Morgan fingerprint density at radius 3 is 2.67 bits per heavy atom. The van der Waals surface area contributed by atoms with Gasteiger partial charge in [0.05, 0.1) is 11.6 Å². The molecule has 3 aromatic rings. The molecule has 0 aliphatic heterocycles. The summed E-state index contributed by atoms with van der Waals surface area (Å²) >= 11 is 5.76. The van der Waals surface area contributed by atoms with Crippen molar-refractivity contribution in [2.24, 2.45) is 5.16 Å². The molecule has 11 heteroatoms. The van der Waals surface area contributed by atoms with Gasteiger partial charge in [-0.2, -0.15) is 0 Å². The maximum absolute atomic E-state index is 13.3. The van der Waals surface area contributed by atoms with Crippen molar-refractivity contribution in [2.45, 2.75) is 6.42 Å². The van der Waals surface area contributed by atoms with Crippen LogP contribution in [-0.4, -0.2) is 40.3 Å². The standard InChI is InChI=1S/C19H15ClF2N4O4/c20-14-9-11(1-6-15(14)22)10-16(24-28)17-19(26-30-25-17)29-8-7-23-18(27)12-2-4-13(21)5-3-12/h1-6,9,28H,7-8,10H2,(H,23,27). The Morgan fingerprint density at radius 1 is 1.20 bits per heavy atom. The van der Waals surface area contributed by atoms with E-state index in [2.05, 4.69) is 25.4 Å². The van der Waals surface area contributed by atoms with Crippen LogP contribution in [0.15, 0.2) is 52.2 Å². The van der Waals surface area contributed by atoms with Crippen molar-refractivity contribution in [3.05, 3.63) is 75.9 Å². The van der Waals surface area contributed by atoms with Gasteiger partial charge in [0.2, 0.25) is 0 Å². The monoisotopic (exact) mass is 436 g/mol. The first kappa shape index (κ1) is 21.2. The lowest BCUT2D eigenvalue weighted by molar-refractivity contribution is 0.0946. The average molecular weight is 437 g/mol. The van der Waals surface area contributed by atoms with Gasteiger partial charge in [-0.3, -0.25) is 4.79 Å². The van der Waals surface area contributed by atoms with Crippen LogP contribution in [0.25, 0.3) is 0 Å². The number of nitrogens with zero attached hydrogens (tertiary/aromatic N) is 3. The van der Waals surface area contributed by atoms with E-state index in [1.54, 1.807) is 0 Å². The highest BCUT2D eigenvalue weighted by molar-refractivity contribution is 6.30. The molecule has 1 aromatic heterocycles. The van der Waals surface area contributed by atoms with Crippen molar-refractivity contribution in [1.29, 1.82) is 0 Å². The number of carbonyl (C=O) groups excluding carboxylic acids is 1. The number of oxime groups is 1. The van der Waals surface area contributed by atoms with Crippen LogP contribution in [-0.2, 0) is 6.42 Å². The van der Waals surface area contributed by atoms with Crippen LogP contribution < -0.4 is 10.1 Å². The van der Waals surface area contributed by atoms with Gasteiger partial charge in [-0.15, -0.1) is 0 Å². The Kier molecular flexibility index (Phi) is 6.91. The molecule has 0 saturated heterocycles. The van der Waals surface area contributed by atoms with Crippen molar-refractivity contribution in [3.63, 3.8) is 0 Å². The number of rotatable bonds is 8. The van der Waals surface area contributed by atoms with Crippen LogP contribution in [0.5, 0.6) is 5.88 Å². The summed E-state index contributed by atoms with van der Waals surface area (Å²) in [7, 11) is 0. The number of hydrogen-bond donors (Lipinski definition) is 2. The number of nitrogens with one attached hydrogen (secondary N) is 1. The van der Waals surface area contributed by atoms with E-state index in [0.29, 0.717) is 11.1 Å². The van der Waals surface area contributed by atoms with Gasteiger partial charge in [-0.1, -0.05) is 22.8 Å². The van der Waals surface area contributed by atoms with Crippen LogP contribution in [0, 0.1) is 11.6 Å². The van der Waals surface area contributed by atoms with E-state index in [4.69, 9.17) is 16.3 Å². The Balaban J connectivity index is 1.57. The highest BCUT2D eigenvalue weighted by Crippen LogP contribution is 2.20. The number of amides is 1. The highest BCUT2D eigenvalue weighted by Gasteiger charge is 2.19. The fourth-order valence-corrected chi connectivity index (χ4v) is 2.68. The molecule has 3 rings (SSSR count). The predicted octanol–water partition coefficient (Wildman–Crippen LogP) is 3.23. The smallest absolute Gasteiger partial charge is 0.285 e. The second-order valence-corrected chi connectivity index (χ2v) is 6.41. The molecule has 0 unspecified atom stereocenters. The summed E-state index contributed by atoms with van der Waals surface area (Å²) in [5.41, 5.74) is 0.967. The molecule has 8 nitrogen and oxygen atoms in total. The summed E-state index contributed by atoms with van der Waals surface area (Å²) in [4.78, 5) is 12.0. The van der Waals surface area contributed by atoms with E-state index >= 15 is 0 Å². The molecule has 0 aliphatic rings. The first-order valence-electron chi connectivity index (χ1n) is 8.62. The largest absolute Gasteiger partial charge is 0.472 e. The van der Waals surface area contributed by atoms with Crippen LogP contribution in [0.1, 0.15) is 21.6 Å². The number of carbonyl (C=O) groups is 1. The molecule has 0 radical (unpaired) electrons. The van der Waals surface area contributed by atoms with Gasteiger partial charge in [0.15, 0.2) is 5.69 Å². The van der Waals surface area contributed by atoms with Crippen molar-refractivity contribution < 1.29 is 28.1 Å². The Bertz CT molecular complexity index is 1060. The summed E-state index contributed by atoms with van der Waals surface area (Å²) in [6.07, 6.45) is 0.0579. The van der Waals surface area contributed by atoms with E-state index < -0.39 is 17.5 Å². The molecular weight excluding hydrogens is 422 g/mol. The van der Waals surface area contributed by atoms with Gasteiger partial charge in [0.1, 0.15) is 24.0 Å². The fourth-order valence-electron chi connectivity index (χ4n) is 2.48. The van der Waals surface area contributed by atoms with Gasteiger partial charge < -0.3 is 15.3 Å². The van der Waals surface area contributed by atoms with Crippen molar-refractivity contribution in [3.8, 4) is 5.88 Å². The van der Waals surface area contributed by atoms with Gasteiger partial charge in [-0.05, 0) is 52.3 Å². The number of aromatic nitrogens is 2. The van der Waals surface area contributed by atoms with E-state index in [1.165, 1.54) is 42.5 Å². The zero-order valence-corrected chi connectivity index (χ0v) is 16.1. The maximum atomic E-state index is 13.3. The van der Waals surface area contributed by atoms with E-state index in [9.17, 15) is 18.8 Å². The lowest BCUT2D eigenvalue weighted by atomic mass is 10.1. The average Bonchev–Trinajstić information content (AvgIpc) is 3.20. The number of hydrogen-bond acceptors (Lipinski definition) is 7. The molecule has 0 spiro atoms. The van der Waals surface area contributed by atoms with Gasteiger partial charge in [0, 0.05) is 12.0 Å². The van der Waals surface area contributed by atoms with E-state index in [1.807, 2.05) is 0 Å². The molecule has 1 amide bonds. The number of benzene rings is 2.